The molecule has 0 radical (unpaired) electrons. The molecule has 8 nitrogen and oxygen atoms in total. The Morgan fingerprint density at radius 1 is 1.04 bits per heavy atom. The van der Waals surface area contributed by atoms with E-state index in [-0.39, 0.29) is 31.2 Å². The molecular weight excluding hydrogens is 336 g/mol. The normalized spacial score (nSPS) is 10.4. The SMILES string of the molecule is Cc1cccc(NC(=O)CNC(=O)CCc2c(C)[nH]c(=O)[nH]c2=O)c1C. The summed E-state index contributed by atoms with van der Waals surface area (Å²) in [7, 11) is 0. The molecule has 2 amide bonds. The zero-order valence-electron chi connectivity index (χ0n) is 15.0. The Kier molecular flexibility index (Phi) is 6.11. The lowest BCUT2D eigenvalue weighted by molar-refractivity contribution is -0.124. The molecule has 8 heteroatoms. The molecule has 0 unspecified atom stereocenters. The van der Waals surface area contributed by atoms with Crippen LogP contribution in [-0.4, -0.2) is 28.3 Å². The van der Waals surface area contributed by atoms with Crippen molar-refractivity contribution < 1.29 is 9.59 Å². The summed E-state index contributed by atoms with van der Waals surface area (Å²) in [6.45, 7) is 5.30. The predicted octanol–water partition coefficient (Wildman–Crippen LogP) is 0.676. The molecule has 1 aromatic carbocycles. The number of aromatic nitrogens is 2. The maximum Gasteiger partial charge on any atom is 0.325 e. The van der Waals surface area contributed by atoms with Crippen LogP contribution in [0.4, 0.5) is 5.69 Å². The van der Waals surface area contributed by atoms with E-state index in [9.17, 15) is 19.2 Å². The fourth-order valence-corrected chi connectivity index (χ4v) is 2.51. The Morgan fingerprint density at radius 2 is 1.77 bits per heavy atom. The topological polar surface area (TPSA) is 124 Å². The maximum absolute atomic E-state index is 12.0. The van der Waals surface area contributed by atoms with Crippen LogP contribution in [0.15, 0.2) is 27.8 Å². The van der Waals surface area contributed by atoms with Gasteiger partial charge in [-0.1, -0.05) is 12.1 Å². The number of nitrogens with one attached hydrogen (secondary N) is 4. The van der Waals surface area contributed by atoms with Gasteiger partial charge in [0.2, 0.25) is 11.8 Å². The number of aromatic amines is 2. The first-order chi connectivity index (χ1) is 12.3. The van der Waals surface area contributed by atoms with Crippen LogP contribution in [0, 0.1) is 20.8 Å². The summed E-state index contributed by atoms with van der Waals surface area (Å²) in [5.41, 5.74) is 2.43. The Bertz CT molecular complexity index is 943. The minimum atomic E-state index is -0.580. The van der Waals surface area contributed by atoms with Crippen molar-refractivity contribution in [3.05, 3.63) is 61.4 Å². The van der Waals surface area contributed by atoms with Crippen molar-refractivity contribution in [2.75, 3.05) is 11.9 Å². The zero-order chi connectivity index (χ0) is 19.3. The monoisotopic (exact) mass is 358 g/mol. The number of carbonyl (C=O) groups excluding carboxylic acids is 2. The molecule has 1 heterocycles. The summed E-state index contributed by atoms with van der Waals surface area (Å²) >= 11 is 0. The molecule has 2 aromatic rings. The molecule has 138 valence electrons. The van der Waals surface area contributed by atoms with Gasteiger partial charge in [-0.05, 0) is 44.4 Å². The summed E-state index contributed by atoms with van der Waals surface area (Å²) < 4.78 is 0. The van der Waals surface area contributed by atoms with E-state index in [2.05, 4.69) is 20.6 Å². The molecule has 4 N–H and O–H groups in total. The van der Waals surface area contributed by atoms with Gasteiger partial charge in [-0.3, -0.25) is 19.4 Å². The van der Waals surface area contributed by atoms with E-state index in [0.29, 0.717) is 16.9 Å². The van der Waals surface area contributed by atoms with E-state index < -0.39 is 11.2 Å². The number of hydrogen-bond donors (Lipinski definition) is 4. The third-order valence-electron chi connectivity index (χ3n) is 4.18. The third kappa shape index (κ3) is 4.92. The standard InChI is InChI=1S/C18H22N4O4/c1-10-5-4-6-14(11(10)2)21-16(24)9-19-15(23)8-7-13-12(3)20-18(26)22-17(13)25/h4-6H,7-9H2,1-3H3,(H,19,23)(H,21,24)(H2,20,22,25,26). The van der Waals surface area contributed by atoms with Gasteiger partial charge in [0.15, 0.2) is 0 Å². The van der Waals surface area contributed by atoms with Crippen LogP contribution in [0.5, 0.6) is 0 Å². The Balaban J connectivity index is 1.85. The second kappa shape index (κ2) is 8.28. The van der Waals surface area contributed by atoms with Crippen molar-refractivity contribution in [2.45, 2.75) is 33.6 Å². The Hall–Kier alpha value is -3.16. The van der Waals surface area contributed by atoms with Crippen LogP contribution in [-0.2, 0) is 16.0 Å². The molecule has 0 saturated heterocycles. The summed E-state index contributed by atoms with van der Waals surface area (Å²) in [6.07, 6.45) is 0.203. The van der Waals surface area contributed by atoms with Gasteiger partial charge in [0.1, 0.15) is 0 Å². The predicted molar refractivity (Wildman–Crippen MR) is 98.3 cm³/mol. The van der Waals surface area contributed by atoms with Gasteiger partial charge >= 0.3 is 5.69 Å². The van der Waals surface area contributed by atoms with Crippen LogP contribution in [0.3, 0.4) is 0 Å². The van der Waals surface area contributed by atoms with E-state index >= 15 is 0 Å². The lowest BCUT2D eigenvalue weighted by atomic mass is 10.1. The molecule has 0 saturated carbocycles. The second-order valence-corrected chi connectivity index (χ2v) is 6.08. The first-order valence-electron chi connectivity index (χ1n) is 8.22. The first kappa shape index (κ1) is 19.2. The number of aryl methyl sites for hydroxylation is 2. The second-order valence-electron chi connectivity index (χ2n) is 6.08. The number of carbonyl (C=O) groups is 2. The van der Waals surface area contributed by atoms with Crippen LogP contribution in [0.1, 0.15) is 28.8 Å². The molecule has 0 spiro atoms. The Morgan fingerprint density at radius 3 is 2.46 bits per heavy atom. The molecule has 0 aliphatic carbocycles. The number of H-pyrrole nitrogens is 2. The van der Waals surface area contributed by atoms with E-state index in [1.54, 1.807) is 13.0 Å². The van der Waals surface area contributed by atoms with Crippen molar-refractivity contribution in [1.82, 2.24) is 15.3 Å². The number of rotatable bonds is 6. The van der Waals surface area contributed by atoms with Gasteiger partial charge in [0.25, 0.3) is 5.56 Å². The van der Waals surface area contributed by atoms with Gasteiger partial charge in [-0.15, -0.1) is 0 Å². The molecule has 0 aliphatic rings. The molecule has 0 aliphatic heterocycles. The van der Waals surface area contributed by atoms with Crippen LogP contribution >= 0.6 is 0 Å². The van der Waals surface area contributed by atoms with Gasteiger partial charge in [-0.25, -0.2) is 4.79 Å². The molecule has 0 fully saturated rings. The average Bonchev–Trinajstić information content (AvgIpc) is 2.56. The highest BCUT2D eigenvalue weighted by atomic mass is 16.2. The molecular formula is C18H22N4O4. The Labute approximate surface area is 150 Å². The van der Waals surface area contributed by atoms with Crippen molar-refractivity contribution >= 4 is 17.5 Å². The van der Waals surface area contributed by atoms with Gasteiger partial charge in [0, 0.05) is 23.4 Å². The number of hydrogen-bond acceptors (Lipinski definition) is 4. The van der Waals surface area contributed by atoms with E-state index in [0.717, 1.165) is 11.1 Å². The first-order valence-corrected chi connectivity index (χ1v) is 8.22. The summed E-state index contributed by atoms with van der Waals surface area (Å²) in [5, 5.41) is 5.28. The quantitative estimate of drug-likeness (QED) is 0.606. The minimum absolute atomic E-state index is 0.0344. The fraction of sp³-hybridized carbons (Fsp3) is 0.333. The van der Waals surface area contributed by atoms with Gasteiger partial charge in [-0.2, -0.15) is 0 Å². The highest BCUT2D eigenvalue weighted by Gasteiger charge is 2.11. The van der Waals surface area contributed by atoms with Crippen molar-refractivity contribution in [2.24, 2.45) is 0 Å². The lowest BCUT2D eigenvalue weighted by Gasteiger charge is -2.11. The fourth-order valence-electron chi connectivity index (χ4n) is 2.51. The van der Waals surface area contributed by atoms with Gasteiger partial charge in [0.05, 0.1) is 6.54 Å². The molecule has 26 heavy (non-hydrogen) atoms. The van der Waals surface area contributed by atoms with E-state index in [1.807, 2.05) is 26.0 Å². The summed E-state index contributed by atoms with van der Waals surface area (Å²) in [5.74, 6) is -0.684. The summed E-state index contributed by atoms with van der Waals surface area (Å²) in [4.78, 5) is 51.4. The number of anilines is 1. The molecule has 0 bridgehead atoms. The maximum atomic E-state index is 12.0. The van der Waals surface area contributed by atoms with E-state index in [4.69, 9.17) is 0 Å². The zero-order valence-corrected chi connectivity index (χ0v) is 15.0. The van der Waals surface area contributed by atoms with E-state index in [1.165, 1.54) is 0 Å². The number of benzene rings is 1. The molecule has 0 atom stereocenters. The smallest absolute Gasteiger partial charge is 0.325 e. The van der Waals surface area contributed by atoms with Crippen LogP contribution < -0.4 is 21.9 Å². The molecule has 1 aromatic heterocycles. The van der Waals surface area contributed by atoms with Crippen molar-refractivity contribution in [3.63, 3.8) is 0 Å². The van der Waals surface area contributed by atoms with Gasteiger partial charge < -0.3 is 15.6 Å². The lowest BCUT2D eigenvalue weighted by Crippen LogP contribution is -2.34. The van der Waals surface area contributed by atoms with Crippen molar-refractivity contribution in [3.8, 4) is 0 Å². The largest absolute Gasteiger partial charge is 0.347 e. The van der Waals surface area contributed by atoms with Crippen molar-refractivity contribution in [1.29, 1.82) is 0 Å². The third-order valence-corrected chi connectivity index (χ3v) is 4.18. The van der Waals surface area contributed by atoms with Crippen LogP contribution in [0.25, 0.3) is 0 Å². The number of amides is 2. The molecule has 2 rings (SSSR count). The summed E-state index contributed by atoms with van der Waals surface area (Å²) in [6, 6.07) is 5.60. The minimum Gasteiger partial charge on any atom is -0.347 e. The highest BCUT2D eigenvalue weighted by molar-refractivity contribution is 5.95. The van der Waals surface area contributed by atoms with Crippen LogP contribution in [0.2, 0.25) is 0 Å². The average molecular weight is 358 g/mol. The highest BCUT2D eigenvalue weighted by Crippen LogP contribution is 2.17.